The number of hydrogen-bond donors (Lipinski definition) is 3. The van der Waals surface area contributed by atoms with Crippen LogP contribution in [0.2, 0.25) is 0 Å². The summed E-state index contributed by atoms with van der Waals surface area (Å²) in [4.78, 5) is 12.7. The minimum absolute atomic E-state index is 0. The minimum Gasteiger partial charge on any atom is -0.394 e. The van der Waals surface area contributed by atoms with Crippen molar-refractivity contribution in [2.45, 2.75) is 45.8 Å². The fraction of sp³-hybridized carbons (Fsp3) is 0.615. The first kappa shape index (κ1) is 28.9. The van der Waals surface area contributed by atoms with Crippen molar-refractivity contribution >= 4 is 11.2 Å². The van der Waals surface area contributed by atoms with Gasteiger partial charge in [0, 0.05) is 132 Å². The Balaban J connectivity index is 0. The topological polar surface area (TPSA) is 114 Å². The van der Waals surface area contributed by atoms with Gasteiger partial charge < -0.3 is 20.1 Å². The molecule has 3 N–H and O–H groups in total. The van der Waals surface area contributed by atoms with Gasteiger partial charge >= 0.3 is 0 Å². The average molecular weight is 977 g/mol. The third-order valence-electron chi connectivity index (χ3n) is 3.50. The molecule has 4 atom stereocenters. The Hall–Kier alpha value is 2.71. The Kier molecular flexibility index (Phi) is 14.8. The quantitative estimate of drug-likeness (QED) is 0.379. The van der Waals surface area contributed by atoms with Gasteiger partial charge in [-0.15, -0.1) is 0 Å². The summed E-state index contributed by atoms with van der Waals surface area (Å²) in [7, 11) is 0. The van der Waals surface area contributed by atoms with E-state index in [1.807, 2.05) is 6.92 Å². The molecule has 2 aromatic rings. The molecule has 0 aliphatic carbocycles. The Bertz CT molecular complexity index is 657. The van der Waals surface area contributed by atoms with Crippen molar-refractivity contribution in [3.05, 3.63) is 17.8 Å². The first-order valence-electron chi connectivity index (χ1n) is 6.33. The van der Waals surface area contributed by atoms with Crippen molar-refractivity contribution in [2.75, 3.05) is 6.61 Å². The van der Waals surface area contributed by atoms with E-state index in [1.165, 1.54) is 6.33 Å². The predicted molar refractivity (Wildman–Crippen MR) is 74.5 cm³/mol. The molecule has 3 rings (SSSR count). The molecule has 1 aliphatic heterocycles. The van der Waals surface area contributed by atoms with Crippen LogP contribution in [-0.4, -0.2) is 59.8 Å². The average Bonchev–Trinajstić information content (AvgIpc) is 2.93. The van der Waals surface area contributed by atoms with E-state index in [4.69, 9.17) is 9.84 Å². The number of rotatable bonds is 2. The number of nitrogens with zero attached hydrogens (tertiary/aromatic N) is 4. The van der Waals surface area contributed by atoms with Gasteiger partial charge in [0.15, 0.2) is 11.9 Å². The second-order valence-electron chi connectivity index (χ2n) is 4.91. The molecular weight excluding hydrogens is 957 g/mol. The molecule has 0 spiro atoms. The summed E-state index contributed by atoms with van der Waals surface area (Å²) in [6.45, 7) is 3.22. The zero-order valence-electron chi connectivity index (χ0n) is 12.9. The van der Waals surface area contributed by atoms with Crippen LogP contribution in [0.15, 0.2) is 6.33 Å². The van der Waals surface area contributed by atoms with E-state index in [2.05, 4.69) is 15.0 Å². The standard InChI is InChI=1S/C12H16N4O4.CH4.3Ac/c1-5-8-11(15-6(2)14-5)16(4-13-8)12-10(19)9(18)7(3-17)20-12;;;;/h4,7,9-10,12,17-19H,3H2,1-2H3;1H4;;;. The van der Waals surface area contributed by atoms with Gasteiger partial charge in [0.25, 0.3) is 0 Å². The normalized spacial score (nSPS) is 25.2. The molecule has 4 unspecified atom stereocenters. The Morgan fingerprint density at radius 2 is 1.75 bits per heavy atom. The van der Waals surface area contributed by atoms with Crippen LogP contribution in [0.5, 0.6) is 0 Å². The summed E-state index contributed by atoms with van der Waals surface area (Å²) in [5, 5.41) is 29.0. The number of aromatic nitrogens is 4. The number of ether oxygens (including phenoxy) is 1. The maximum absolute atomic E-state index is 10.1. The van der Waals surface area contributed by atoms with E-state index in [1.54, 1.807) is 11.5 Å². The molecule has 8 nitrogen and oxygen atoms in total. The number of aliphatic hydroxyl groups excluding tert-OH is 3. The first-order valence-corrected chi connectivity index (χ1v) is 6.33. The van der Waals surface area contributed by atoms with Crippen molar-refractivity contribution in [2.24, 2.45) is 0 Å². The predicted octanol–water partition coefficient (Wildman–Crippen LogP) is -0.309. The van der Waals surface area contributed by atoms with E-state index in [-0.39, 0.29) is 146 Å². The van der Waals surface area contributed by atoms with Crippen LogP contribution in [0.1, 0.15) is 25.2 Å². The molecule has 11 heteroatoms. The van der Waals surface area contributed by atoms with Gasteiger partial charge in [-0.25, -0.2) is 15.0 Å². The second-order valence-corrected chi connectivity index (χ2v) is 4.91. The fourth-order valence-corrected chi connectivity index (χ4v) is 2.49. The SMILES string of the molecule is C.Cc1nc(C)c2ncn(C3OC(CO)C(O)C3O)c2n1.[Ac].[Ac].[Ac]. The molecule has 0 aromatic carbocycles. The van der Waals surface area contributed by atoms with Gasteiger partial charge in [-0.2, -0.15) is 0 Å². The Labute approximate surface area is 248 Å². The van der Waals surface area contributed by atoms with Gasteiger partial charge in [-0.3, -0.25) is 4.57 Å². The molecule has 1 fully saturated rings. The number of aryl methyl sites for hydroxylation is 2. The molecule has 125 valence electrons. The summed E-state index contributed by atoms with van der Waals surface area (Å²) in [6, 6.07) is 0. The Morgan fingerprint density at radius 3 is 2.29 bits per heavy atom. The Morgan fingerprint density at radius 1 is 1.12 bits per heavy atom. The van der Waals surface area contributed by atoms with Crippen molar-refractivity contribution < 1.29 is 152 Å². The number of aliphatic hydroxyl groups is 3. The smallest absolute Gasteiger partial charge is 0.166 e. The molecule has 2 aromatic heterocycles. The third kappa shape index (κ3) is 5.62. The van der Waals surface area contributed by atoms with Crippen molar-refractivity contribution in [1.29, 1.82) is 0 Å². The molecule has 1 aliphatic rings. The summed E-state index contributed by atoms with van der Waals surface area (Å²) in [5.74, 6) is 0.587. The minimum atomic E-state index is -1.15. The van der Waals surface area contributed by atoms with Crippen LogP contribution in [0.4, 0.5) is 0 Å². The van der Waals surface area contributed by atoms with Gasteiger partial charge in [-0.1, -0.05) is 7.43 Å². The van der Waals surface area contributed by atoms with Crippen molar-refractivity contribution in [3.8, 4) is 0 Å². The maximum atomic E-state index is 10.1. The summed E-state index contributed by atoms with van der Waals surface area (Å²) < 4.78 is 7.04. The summed E-state index contributed by atoms with van der Waals surface area (Å²) in [5.41, 5.74) is 1.89. The molecule has 0 amide bonds. The third-order valence-corrected chi connectivity index (χ3v) is 3.50. The van der Waals surface area contributed by atoms with Crippen LogP contribution in [0, 0.1) is 146 Å². The summed E-state index contributed by atoms with van der Waals surface area (Å²) >= 11 is 0. The van der Waals surface area contributed by atoms with E-state index >= 15 is 0 Å². The van der Waals surface area contributed by atoms with E-state index in [0.29, 0.717) is 17.0 Å². The maximum Gasteiger partial charge on any atom is 0.166 e. The van der Waals surface area contributed by atoms with Crippen LogP contribution in [0.25, 0.3) is 11.2 Å². The summed E-state index contributed by atoms with van der Waals surface area (Å²) in [6.07, 6.45) is -2.46. The molecule has 0 bridgehead atoms. The first-order chi connectivity index (χ1) is 9.52. The van der Waals surface area contributed by atoms with Gasteiger partial charge in [0.1, 0.15) is 29.7 Å². The molecule has 0 saturated carbocycles. The van der Waals surface area contributed by atoms with Crippen LogP contribution >= 0.6 is 0 Å². The molecular formula is C13H20Ac3N4O4. The molecule has 3 radical (unpaired) electrons. The van der Waals surface area contributed by atoms with Crippen molar-refractivity contribution in [1.82, 2.24) is 19.5 Å². The van der Waals surface area contributed by atoms with Crippen LogP contribution in [-0.2, 0) is 4.74 Å². The zero-order chi connectivity index (χ0) is 14.4. The largest absolute Gasteiger partial charge is 0.394 e. The van der Waals surface area contributed by atoms with E-state index in [9.17, 15) is 10.2 Å². The van der Waals surface area contributed by atoms with Crippen LogP contribution < -0.4 is 0 Å². The van der Waals surface area contributed by atoms with Gasteiger partial charge in [0.2, 0.25) is 0 Å². The van der Waals surface area contributed by atoms with Crippen molar-refractivity contribution in [3.63, 3.8) is 0 Å². The fourth-order valence-electron chi connectivity index (χ4n) is 2.49. The van der Waals surface area contributed by atoms with E-state index < -0.39 is 24.5 Å². The monoisotopic (exact) mass is 977 g/mol. The number of hydrogen-bond acceptors (Lipinski definition) is 7. The molecule has 3 heterocycles. The van der Waals surface area contributed by atoms with Crippen LogP contribution in [0.3, 0.4) is 0 Å². The van der Waals surface area contributed by atoms with Gasteiger partial charge in [0.05, 0.1) is 18.6 Å². The van der Waals surface area contributed by atoms with E-state index in [0.717, 1.165) is 5.69 Å². The van der Waals surface area contributed by atoms with Gasteiger partial charge in [-0.05, 0) is 13.8 Å². The second kappa shape index (κ2) is 12.3. The number of fused-ring (bicyclic) bond motifs is 1. The molecule has 24 heavy (non-hydrogen) atoms. The zero-order valence-corrected chi connectivity index (χ0v) is 27.1. The number of imidazole rings is 1. The molecule has 1 saturated heterocycles.